The summed E-state index contributed by atoms with van der Waals surface area (Å²) in [5.41, 5.74) is 0. The van der Waals surface area contributed by atoms with Gasteiger partial charge in [0, 0.05) is 26.2 Å². The lowest BCUT2D eigenvalue weighted by Gasteiger charge is -2.40. The number of carboxylic acid groups (broad SMARTS) is 1. The first-order valence-electron chi connectivity index (χ1n) is 5.71. The van der Waals surface area contributed by atoms with Crippen molar-refractivity contribution < 1.29 is 14.7 Å². The van der Waals surface area contributed by atoms with E-state index in [1.807, 2.05) is 6.92 Å². The molecule has 1 N–H and O–H groups in total. The zero-order valence-corrected chi connectivity index (χ0v) is 10.1. The third kappa shape index (κ3) is 2.65. The van der Waals surface area contributed by atoms with Crippen molar-refractivity contribution >= 4 is 12.0 Å². The molecule has 0 aromatic heterocycles. The second kappa shape index (κ2) is 5.18. The Morgan fingerprint density at radius 2 is 2.06 bits per heavy atom. The summed E-state index contributed by atoms with van der Waals surface area (Å²) >= 11 is 0. The lowest BCUT2D eigenvalue weighted by atomic mass is 10.0. The van der Waals surface area contributed by atoms with E-state index in [9.17, 15) is 9.59 Å². The minimum atomic E-state index is -0.812. The van der Waals surface area contributed by atoms with Gasteiger partial charge in [0.15, 0.2) is 0 Å². The zero-order chi connectivity index (χ0) is 12.3. The van der Waals surface area contributed by atoms with Crippen molar-refractivity contribution in [2.75, 3.05) is 20.1 Å². The monoisotopic (exact) mass is 228 g/mol. The average molecular weight is 228 g/mol. The van der Waals surface area contributed by atoms with E-state index in [1.165, 1.54) is 0 Å². The number of aliphatic carboxylic acids is 1. The Bertz CT molecular complexity index is 274. The third-order valence-electron chi connectivity index (χ3n) is 3.17. The fourth-order valence-corrected chi connectivity index (χ4v) is 1.81. The van der Waals surface area contributed by atoms with Crippen LogP contribution in [0.1, 0.15) is 26.7 Å². The molecule has 0 aromatic rings. The summed E-state index contributed by atoms with van der Waals surface area (Å²) in [6.07, 6.45) is 2.01. The number of hydrogen-bond acceptors (Lipinski definition) is 2. The molecule has 0 radical (unpaired) electrons. The van der Waals surface area contributed by atoms with E-state index in [0.717, 1.165) is 12.8 Å². The number of rotatable bonds is 4. The molecule has 1 saturated heterocycles. The first-order valence-corrected chi connectivity index (χ1v) is 5.71. The highest BCUT2D eigenvalue weighted by Crippen LogP contribution is 2.18. The zero-order valence-electron chi connectivity index (χ0n) is 10.1. The second-order valence-corrected chi connectivity index (χ2v) is 4.47. The highest BCUT2D eigenvalue weighted by molar-refractivity contribution is 5.79. The molecule has 1 atom stereocenters. The molecule has 1 unspecified atom stereocenters. The van der Waals surface area contributed by atoms with Gasteiger partial charge >= 0.3 is 12.0 Å². The molecule has 5 nitrogen and oxygen atoms in total. The minimum absolute atomic E-state index is 0.0570. The van der Waals surface area contributed by atoms with Crippen LogP contribution in [0.4, 0.5) is 4.79 Å². The van der Waals surface area contributed by atoms with Gasteiger partial charge in [0.1, 0.15) is 0 Å². The van der Waals surface area contributed by atoms with E-state index in [0.29, 0.717) is 13.1 Å². The number of urea groups is 1. The summed E-state index contributed by atoms with van der Waals surface area (Å²) in [6, 6.07) is 0.153. The topological polar surface area (TPSA) is 60.9 Å². The SMILES string of the molecule is CCCC(C)N(C)C(=O)N1CC(C(=O)O)C1. The second-order valence-electron chi connectivity index (χ2n) is 4.47. The number of likely N-dealkylation sites (tertiary alicyclic amines) is 1. The molecule has 92 valence electrons. The van der Waals surface area contributed by atoms with Gasteiger partial charge in [0.25, 0.3) is 0 Å². The molecule has 0 aromatic carbocycles. The summed E-state index contributed by atoms with van der Waals surface area (Å²) in [5.74, 6) is -1.19. The quantitative estimate of drug-likeness (QED) is 0.787. The number of carbonyl (C=O) groups excluding carboxylic acids is 1. The smallest absolute Gasteiger partial charge is 0.320 e. The van der Waals surface area contributed by atoms with Crippen LogP contribution >= 0.6 is 0 Å². The molecule has 1 aliphatic rings. The normalized spacial score (nSPS) is 17.8. The van der Waals surface area contributed by atoms with Crippen LogP contribution in [0.25, 0.3) is 0 Å². The van der Waals surface area contributed by atoms with Crippen LogP contribution in [0.3, 0.4) is 0 Å². The van der Waals surface area contributed by atoms with E-state index in [2.05, 4.69) is 6.92 Å². The van der Waals surface area contributed by atoms with Crippen molar-refractivity contribution in [3.63, 3.8) is 0 Å². The van der Waals surface area contributed by atoms with Gasteiger partial charge in [-0.1, -0.05) is 13.3 Å². The lowest BCUT2D eigenvalue weighted by Crippen LogP contribution is -2.57. The molecule has 1 aliphatic heterocycles. The summed E-state index contributed by atoms with van der Waals surface area (Å²) < 4.78 is 0. The Labute approximate surface area is 96.0 Å². The van der Waals surface area contributed by atoms with E-state index >= 15 is 0 Å². The molecular formula is C11H20N2O3. The summed E-state index contributed by atoms with van der Waals surface area (Å²) in [5, 5.41) is 8.71. The van der Waals surface area contributed by atoms with Gasteiger partial charge in [-0.05, 0) is 13.3 Å². The number of carboxylic acids is 1. The van der Waals surface area contributed by atoms with Crippen molar-refractivity contribution in [2.45, 2.75) is 32.7 Å². The molecule has 0 bridgehead atoms. The van der Waals surface area contributed by atoms with E-state index < -0.39 is 5.97 Å². The van der Waals surface area contributed by atoms with Gasteiger partial charge in [0.2, 0.25) is 0 Å². The van der Waals surface area contributed by atoms with Gasteiger partial charge in [-0.3, -0.25) is 4.79 Å². The van der Waals surface area contributed by atoms with Crippen LogP contribution in [0.15, 0.2) is 0 Å². The van der Waals surface area contributed by atoms with Crippen LogP contribution in [0, 0.1) is 5.92 Å². The number of carbonyl (C=O) groups is 2. The molecule has 16 heavy (non-hydrogen) atoms. The van der Waals surface area contributed by atoms with Gasteiger partial charge in [0.05, 0.1) is 5.92 Å². The van der Waals surface area contributed by atoms with Gasteiger partial charge in [-0.25, -0.2) is 4.79 Å². The Kier molecular flexibility index (Phi) is 4.15. The van der Waals surface area contributed by atoms with E-state index in [-0.39, 0.29) is 18.0 Å². The molecular weight excluding hydrogens is 208 g/mol. The summed E-state index contributed by atoms with van der Waals surface area (Å²) in [4.78, 5) is 25.8. The maximum absolute atomic E-state index is 11.9. The number of amides is 2. The minimum Gasteiger partial charge on any atom is -0.481 e. The van der Waals surface area contributed by atoms with E-state index in [1.54, 1.807) is 16.8 Å². The fourth-order valence-electron chi connectivity index (χ4n) is 1.81. The maximum Gasteiger partial charge on any atom is 0.320 e. The van der Waals surface area contributed by atoms with Crippen molar-refractivity contribution in [1.82, 2.24) is 9.80 Å². The Hall–Kier alpha value is -1.26. The van der Waals surface area contributed by atoms with Crippen molar-refractivity contribution in [1.29, 1.82) is 0 Å². The average Bonchev–Trinajstić information content (AvgIpc) is 2.13. The molecule has 1 heterocycles. The molecule has 5 heteroatoms. The first kappa shape index (κ1) is 12.8. The van der Waals surface area contributed by atoms with Crippen LogP contribution in [0.2, 0.25) is 0 Å². The molecule has 1 fully saturated rings. The number of nitrogens with zero attached hydrogens (tertiary/aromatic N) is 2. The first-order chi connectivity index (χ1) is 7.47. The van der Waals surface area contributed by atoms with Crippen LogP contribution in [0.5, 0.6) is 0 Å². The van der Waals surface area contributed by atoms with Crippen molar-refractivity contribution in [2.24, 2.45) is 5.92 Å². The maximum atomic E-state index is 11.9. The molecule has 1 rings (SSSR count). The van der Waals surface area contributed by atoms with Gasteiger partial charge < -0.3 is 14.9 Å². The molecule has 0 aliphatic carbocycles. The number of hydrogen-bond donors (Lipinski definition) is 1. The van der Waals surface area contributed by atoms with Crippen LogP contribution in [-0.2, 0) is 4.79 Å². The van der Waals surface area contributed by atoms with Crippen molar-refractivity contribution in [3.05, 3.63) is 0 Å². The Morgan fingerprint density at radius 3 is 2.50 bits per heavy atom. The molecule has 0 saturated carbocycles. The summed E-state index contributed by atoms with van der Waals surface area (Å²) in [7, 11) is 1.77. The van der Waals surface area contributed by atoms with Gasteiger partial charge in [-0.15, -0.1) is 0 Å². The standard InChI is InChI=1S/C11H20N2O3/c1-4-5-8(2)12(3)11(16)13-6-9(7-13)10(14)15/h8-9H,4-7H2,1-3H3,(H,14,15). The lowest BCUT2D eigenvalue weighted by molar-refractivity contribution is -0.146. The van der Waals surface area contributed by atoms with Gasteiger partial charge in [-0.2, -0.15) is 0 Å². The van der Waals surface area contributed by atoms with Crippen molar-refractivity contribution in [3.8, 4) is 0 Å². The fraction of sp³-hybridized carbons (Fsp3) is 0.818. The van der Waals surface area contributed by atoms with E-state index in [4.69, 9.17) is 5.11 Å². The third-order valence-corrected chi connectivity index (χ3v) is 3.17. The van der Waals surface area contributed by atoms with Crippen LogP contribution < -0.4 is 0 Å². The highest BCUT2D eigenvalue weighted by atomic mass is 16.4. The Morgan fingerprint density at radius 1 is 1.50 bits per heavy atom. The molecule has 2 amide bonds. The Balaban J connectivity index is 2.39. The predicted molar refractivity (Wildman–Crippen MR) is 60.2 cm³/mol. The summed E-state index contributed by atoms with van der Waals surface area (Å²) in [6.45, 7) is 4.78. The highest BCUT2D eigenvalue weighted by Gasteiger charge is 2.37. The predicted octanol–water partition coefficient (Wildman–Crippen LogP) is 1.24. The molecule has 0 spiro atoms. The largest absolute Gasteiger partial charge is 0.481 e. The van der Waals surface area contributed by atoms with Crippen LogP contribution in [-0.4, -0.2) is 53.1 Å².